The molecule has 3 nitrogen and oxygen atoms in total. The summed E-state index contributed by atoms with van der Waals surface area (Å²) in [7, 11) is 0. The quantitative estimate of drug-likeness (QED) is 0.539. The van der Waals surface area contributed by atoms with Crippen LogP contribution in [0.3, 0.4) is 0 Å². The lowest BCUT2D eigenvalue weighted by atomic mass is 9.82. The Morgan fingerprint density at radius 3 is 1.81 bits per heavy atom. The molecule has 2 rings (SSSR count). The Morgan fingerprint density at radius 2 is 1.35 bits per heavy atom. The number of hydrogen-bond donors (Lipinski definition) is 0. The van der Waals surface area contributed by atoms with Gasteiger partial charge in [0.05, 0.1) is 6.26 Å². The van der Waals surface area contributed by atoms with Crippen LogP contribution in [-0.4, -0.2) is 49.1 Å². The predicted octanol–water partition coefficient (Wildman–Crippen LogP) is 4.91. The van der Waals surface area contributed by atoms with Crippen LogP contribution in [0.25, 0.3) is 0 Å². The summed E-state index contributed by atoms with van der Waals surface area (Å²) in [5.74, 6) is 2.12. The van der Waals surface area contributed by atoms with E-state index in [2.05, 4.69) is 73.9 Å². The second-order valence-electron chi connectivity index (χ2n) is 7.03. The number of benzene rings is 1. The minimum Gasteiger partial charge on any atom is -0.469 e. The molecule has 0 amide bonds. The fraction of sp³-hybridized carbons (Fsp3) is 0.565. The Bertz CT molecular complexity index is 560. The second kappa shape index (κ2) is 11.2. The Balaban J connectivity index is 2.31. The van der Waals surface area contributed by atoms with Gasteiger partial charge in [-0.1, -0.05) is 58.0 Å². The summed E-state index contributed by atoms with van der Waals surface area (Å²) >= 11 is 0. The summed E-state index contributed by atoms with van der Waals surface area (Å²) in [5.41, 5.74) is 1.42. The van der Waals surface area contributed by atoms with Crippen LogP contribution in [0.2, 0.25) is 0 Å². The van der Waals surface area contributed by atoms with Gasteiger partial charge in [-0.25, -0.2) is 0 Å². The molecular weight excluding hydrogens is 320 g/mol. The zero-order valence-corrected chi connectivity index (χ0v) is 17.0. The van der Waals surface area contributed by atoms with E-state index in [1.54, 1.807) is 6.26 Å². The van der Waals surface area contributed by atoms with Gasteiger partial charge in [0, 0.05) is 19.5 Å². The van der Waals surface area contributed by atoms with E-state index >= 15 is 0 Å². The van der Waals surface area contributed by atoms with Gasteiger partial charge in [0.1, 0.15) is 5.76 Å². The molecule has 0 saturated heterocycles. The molecule has 0 radical (unpaired) electrons. The molecule has 0 aliphatic rings. The maximum Gasteiger partial charge on any atom is 0.104 e. The molecule has 0 N–H and O–H groups in total. The highest BCUT2D eigenvalue weighted by molar-refractivity contribution is 5.22. The zero-order valence-electron chi connectivity index (χ0n) is 17.0. The zero-order chi connectivity index (χ0) is 18.8. The van der Waals surface area contributed by atoms with Gasteiger partial charge in [0.25, 0.3) is 0 Å². The lowest BCUT2D eigenvalue weighted by Crippen LogP contribution is -2.40. The molecule has 1 heterocycles. The predicted molar refractivity (Wildman–Crippen MR) is 111 cm³/mol. The molecule has 1 atom stereocenters. The van der Waals surface area contributed by atoms with E-state index in [0.717, 1.165) is 51.4 Å². The van der Waals surface area contributed by atoms with Crippen LogP contribution < -0.4 is 0 Å². The van der Waals surface area contributed by atoms with Crippen LogP contribution in [0.15, 0.2) is 53.1 Å². The number of nitrogens with zero attached hydrogens (tertiary/aromatic N) is 2. The fourth-order valence-corrected chi connectivity index (χ4v) is 3.84. The van der Waals surface area contributed by atoms with Crippen LogP contribution in [0.5, 0.6) is 0 Å². The van der Waals surface area contributed by atoms with Crippen molar-refractivity contribution in [1.29, 1.82) is 0 Å². The van der Waals surface area contributed by atoms with E-state index in [-0.39, 0.29) is 0 Å². The Labute approximate surface area is 160 Å². The molecule has 0 fully saturated rings. The molecule has 26 heavy (non-hydrogen) atoms. The molecule has 1 aromatic carbocycles. The van der Waals surface area contributed by atoms with Crippen molar-refractivity contribution >= 4 is 0 Å². The number of rotatable bonds is 12. The van der Waals surface area contributed by atoms with Gasteiger partial charge >= 0.3 is 0 Å². The van der Waals surface area contributed by atoms with Crippen molar-refractivity contribution < 1.29 is 4.42 Å². The number of hydrogen-bond acceptors (Lipinski definition) is 3. The summed E-state index contributed by atoms with van der Waals surface area (Å²) < 4.78 is 5.72. The Kier molecular flexibility index (Phi) is 8.93. The third kappa shape index (κ3) is 6.00. The van der Waals surface area contributed by atoms with Crippen molar-refractivity contribution in [2.75, 3.05) is 39.3 Å². The normalized spacial score (nSPS) is 13.0. The van der Waals surface area contributed by atoms with Crippen LogP contribution in [-0.2, 0) is 6.42 Å². The molecular formula is C23H36N2O. The molecule has 3 heteroatoms. The van der Waals surface area contributed by atoms with E-state index < -0.39 is 0 Å². The maximum atomic E-state index is 5.72. The molecule has 0 aliphatic heterocycles. The standard InChI is InChI=1S/C23H36N2O/c1-5-24(6-2)18-21(19-25(7-3)8-4)23(17-22-15-12-16-26-22)20-13-10-9-11-14-20/h9-16,21,23H,5-8,17-19H2,1-4H3. The molecule has 0 saturated carbocycles. The molecule has 1 aromatic heterocycles. The molecule has 0 aliphatic carbocycles. The van der Waals surface area contributed by atoms with Crippen molar-refractivity contribution in [3.05, 3.63) is 60.1 Å². The molecule has 2 aromatic rings. The molecule has 0 bridgehead atoms. The Morgan fingerprint density at radius 1 is 0.769 bits per heavy atom. The Hall–Kier alpha value is -1.58. The van der Waals surface area contributed by atoms with Gasteiger partial charge in [-0.15, -0.1) is 0 Å². The summed E-state index contributed by atoms with van der Waals surface area (Å²) in [6.45, 7) is 15.7. The minimum absolute atomic E-state index is 0.462. The SMILES string of the molecule is CCN(CC)CC(CN(CC)CC)C(Cc1ccco1)c1ccccc1. The maximum absolute atomic E-state index is 5.72. The fourth-order valence-electron chi connectivity index (χ4n) is 3.84. The average Bonchev–Trinajstić information content (AvgIpc) is 3.21. The van der Waals surface area contributed by atoms with Crippen LogP contribution in [0.1, 0.15) is 44.9 Å². The largest absolute Gasteiger partial charge is 0.469 e. The van der Waals surface area contributed by atoms with E-state index in [0.29, 0.717) is 11.8 Å². The first kappa shape index (κ1) is 20.7. The first-order valence-electron chi connectivity index (χ1n) is 10.2. The second-order valence-corrected chi connectivity index (χ2v) is 7.03. The third-order valence-electron chi connectivity index (χ3n) is 5.57. The highest BCUT2D eigenvalue weighted by Crippen LogP contribution is 2.30. The lowest BCUT2D eigenvalue weighted by Gasteiger charge is -2.35. The smallest absolute Gasteiger partial charge is 0.104 e. The monoisotopic (exact) mass is 356 g/mol. The van der Waals surface area contributed by atoms with Crippen LogP contribution >= 0.6 is 0 Å². The van der Waals surface area contributed by atoms with E-state index in [4.69, 9.17) is 4.42 Å². The van der Waals surface area contributed by atoms with Gasteiger partial charge < -0.3 is 14.2 Å². The average molecular weight is 357 g/mol. The first-order valence-corrected chi connectivity index (χ1v) is 10.2. The van der Waals surface area contributed by atoms with E-state index in [1.165, 1.54) is 5.56 Å². The summed E-state index contributed by atoms with van der Waals surface area (Å²) in [6.07, 6.45) is 2.76. The topological polar surface area (TPSA) is 19.6 Å². The highest BCUT2D eigenvalue weighted by atomic mass is 16.3. The van der Waals surface area contributed by atoms with Gasteiger partial charge in [0.2, 0.25) is 0 Å². The summed E-state index contributed by atoms with van der Waals surface area (Å²) in [6, 6.07) is 15.1. The van der Waals surface area contributed by atoms with Crippen molar-refractivity contribution in [2.45, 2.75) is 40.0 Å². The summed E-state index contributed by atoms with van der Waals surface area (Å²) in [4.78, 5) is 5.12. The van der Waals surface area contributed by atoms with E-state index in [9.17, 15) is 0 Å². The van der Waals surface area contributed by atoms with Gasteiger partial charge in [-0.2, -0.15) is 0 Å². The van der Waals surface area contributed by atoms with Gasteiger partial charge in [-0.3, -0.25) is 0 Å². The molecule has 1 unspecified atom stereocenters. The lowest BCUT2D eigenvalue weighted by molar-refractivity contribution is 0.169. The van der Waals surface area contributed by atoms with Crippen molar-refractivity contribution in [1.82, 2.24) is 9.80 Å². The van der Waals surface area contributed by atoms with Crippen molar-refractivity contribution in [3.63, 3.8) is 0 Å². The molecule has 0 spiro atoms. The minimum atomic E-state index is 0.462. The number of furan rings is 1. The first-order chi connectivity index (χ1) is 12.7. The summed E-state index contributed by atoms with van der Waals surface area (Å²) in [5, 5.41) is 0. The third-order valence-corrected chi connectivity index (χ3v) is 5.57. The molecule has 144 valence electrons. The van der Waals surface area contributed by atoms with Crippen molar-refractivity contribution in [3.8, 4) is 0 Å². The van der Waals surface area contributed by atoms with Crippen molar-refractivity contribution in [2.24, 2.45) is 5.92 Å². The van der Waals surface area contributed by atoms with Crippen LogP contribution in [0.4, 0.5) is 0 Å². The van der Waals surface area contributed by atoms with Gasteiger partial charge in [0.15, 0.2) is 0 Å². The van der Waals surface area contributed by atoms with Crippen LogP contribution in [0, 0.1) is 5.92 Å². The van der Waals surface area contributed by atoms with E-state index in [1.807, 2.05) is 6.07 Å². The highest BCUT2D eigenvalue weighted by Gasteiger charge is 2.27. The van der Waals surface area contributed by atoms with Gasteiger partial charge in [-0.05, 0) is 55.7 Å².